The smallest absolute Gasteiger partial charge is 0.394 e. The van der Waals surface area contributed by atoms with Gasteiger partial charge in [-0.2, -0.15) is 0 Å². The molecule has 0 aliphatic carbocycles. The van der Waals surface area contributed by atoms with Crippen molar-refractivity contribution < 1.29 is 92.8 Å². The molecule has 0 saturated heterocycles. The van der Waals surface area contributed by atoms with Gasteiger partial charge in [0, 0.05) is 0 Å². The minimum absolute atomic E-state index is 0. The molecular formula is C39H46V5. The Morgan fingerprint density at radius 3 is 0.705 bits per heavy atom. The Morgan fingerprint density at radius 1 is 0.477 bits per heavy atom. The molecule has 0 saturated carbocycles. The van der Waals surface area contributed by atoms with Gasteiger partial charge in [-0.1, -0.05) is 71.8 Å². The molecule has 2 rings (SSSR count). The standard InChI is InChI=1S/2C7H8.5C5H6.5V/c2*1-7-5-3-2-4-6-7;4*1-4-5(2)3;1-3-5-4-2;;;;;/h2*2-6H,1H3;4*1-2,4H,3H3;1,3,5H,2H3;;;;;/q;;5*-2;5*+2. The van der Waals surface area contributed by atoms with E-state index >= 15 is 0 Å². The molecule has 0 heterocycles. The maximum atomic E-state index is 5.03. The second kappa shape index (κ2) is 60.9. The minimum atomic E-state index is 0. The number of hydrogen-bond acceptors (Lipinski definition) is 0. The zero-order chi connectivity index (χ0) is 31.5. The minimum Gasteiger partial charge on any atom is -0.394 e. The molecule has 5 heteroatoms. The summed E-state index contributed by atoms with van der Waals surface area (Å²) in [5.74, 6) is 0. The van der Waals surface area contributed by atoms with Crippen LogP contribution < -0.4 is 0 Å². The third kappa shape index (κ3) is 105. The molecular weight excluding hydrogens is 723 g/mol. The molecule has 2 aromatic carbocycles. The van der Waals surface area contributed by atoms with Crippen LogP contribution in [-0.4, -0.2) is 0 Å². The van der Waals surface area contributed by atoms with Crippen LogP contribution >= 0.6 is 0 Å². The zero-order valence-corrected chi connectivity index (χ0v) is 34.2. The van der Waals surface area contributed by atoms with E-state index in [1.54, 1.807) is 40.7 Å². The van der Waals surface area contributed by atoms with Crippen LogP contribution in [-0.2, 0) is 92.8 Å². The summed E-state index contributed by atoms with van der Waals surface area (Å²) < 4.78 is 0. The van der Waals surface area contributed by atoms with E-state index in [1.807, 2.05) is 36.4 Å². The number of benzene rings is 2. The first-order valence-electron chi connectivity index (χ1n) is 11.9. The van der Waals surface area contributed by atoms with Crippen molar-refractivity contribution in [1.29, 1.82) is 0 Å². The molecule has 0 atom stereocenters. The summed E-state index contributed by atoms with van der Waals surface area (Å²) in [6.45, 7) is 57.5. The molecule has 44 heavy (non-hydrogen) atoms. The summed E-state index contributed by atoms with van der Waals surface area (Å²) in [6.07, 6.45) is 11.3. The van der Waals surface area contributed by atoms with Crippen molar-refractivity contribution >= 4 is 0 Å². The number of rotatable bonds is 5. The number of hydrogen-bond donors (Lipinski definition) is 0. The van der Waals surface area contributed by atoms with E-state index in [-0.39, 0.29) is 92.8 Å². The monoisotopic (exact) mass is 769 g/mol. The maximum absolute atomic E-state index is 5.03. The van der Waals surface area contributed by atoms with Crippen molar-refractivity contribution in [3.63, 3.8) is 0 Å². The van der Waals surface area contributed by atoms with Gasteiger partial charge in [0.1, 0.15) is 0 Å². The van der Waals surface area contributed by atoms with Crippen LogP contribution in [0, 0.1) is 79.1 Å². The Kier molecular flexibility index (Phi) is 96.1. The Balaban J connectivity index is -0.0000000379. The van der Waals surface area contributed by atoms with Gasteiger partial charge in [0.2, 0.25) is 0 Å². The molecule has 5 radical (unpaired) electrons. The van der Waals surface area contributed by atoms with Crippen LogP contribution in [0.25, 0.3) is 0 Å². The summed E-state index contributed by atoms with van der Waals surface area (Å²) >= 11 is 0. The van der Waals surface area contributed by atoms with Gasteiger partial charge in [0.15, 0.2) is 0 Å². The second-order valence-electron chi connectivity index (χ2n) is 7.60. The van der Waals surface area contributed by atoms with Crippen molar-refractivity contribution in [1.82, 2.24) is 0 Å². The predicted octanol–water partition coefficient (Wildman–Crippen LogP) is 10.8. The fourth-order valence-electron chi connectivity index (χ4n) is 1.16. The van der Waals surface area contributed by atoms with Gasteiger partial charge in [0.05, 0.1) is 0 Å². The van der Waals surface area contributed by atoms with Crippen molar-refractivity contribution in [2.45, 2.75) is 48.5 Å². The fraction of sp³-hybridized carbons (Fsp3) is 0.179. The molecule has 0 aliphatic heterocycles. The Morgan fingerprint density at radius 2 is 0.659 bits per heavy atom. The topological polar surface area (TPSA) is 0 Å². The van der Waals surface area contributed by atoms with Gasteiger partial charge in [-0.25, -0.2) is 0 Å². The van der Waals surface area contributed by atoms with E-state index in [0.29, 0.717) is 22.3 Å². The first-order valence-corrected chi connectivity index (χ1v) is 11.9. The van der Waals surface area contributed by atoms with Crippen molar-refractivity contribution in [3.05, 3.63) is 196 Å². The van der Waals surface area contributed by atoms with Gasteiger partial charge in [0.25, 0.3) is 0 Å². The normalized spacial score (nSPS) is 6.80. The van der Waals surface area contributed by atoms with E-state index in [9.17, 15) is 0 Å². The summed E-state index contributed by atoms with van der Waals surface area (Å²) in [4.78, 5) is 0. The quantitative estimate of drug-likeness (QED) is 0.210. The van der Waals surface area contributed by atoms with E-state index in [2.05, 4.69) is 44.2 Å². The fourth-order valence-corrected chi connectivity index (χ4v) is 1.16. The average molecular weight is 770 g/mol. The Labute approximate surface area is 334 Å². The van der Waals surface area contributed by atoms with Gasteiger partial charge in [-0.3, -0.25) is 0 Å². The van der Waals surface area contributed by atoms with E-state index in [1.165, 1.54) is 41.5 Å². The molecule has 0 N–H and O–H groups in total. The van der Waals surface area contributed by atoms with Gasteiger partial charge < -0.3 is 124 Å². The predicted molar refractivity (Wildman–Crippen MR) is 174 cm³/mol. The molecule has 0 aliphatic rings. The average Bonchev–Trinajstić information content (AvgIpc) is 2.92. The van der Waals surface area contributed by atoms with E-state index in [0.717, 1.165) is 0 Å². The molecule has 2 aromatic rings. The summed E-state index contributed by atoms with van der Waals surface area (Å²) in [5.41, 5.74) is 5.27. The molecule has 0 aromatic heterocycles. The summed E-state index contributed by atoms with van der Waals surface area (Å²) in [6, 6.07) is 20.5. The van der Waals surface area contributed by atoms with Gasteiger partial charge in [-0.05, 0) is 13.8 Å². The van der Waals surface area contributed by atoms with E-state index < -0.39 is 0 Å². The van der Waals surface area contributed by atoms with Crippen LogP contribution in [0.1, 0.15) is 45.7 Å². The third-order valence-electron chi connectivity index (χ3n) is 3.20. The van der Waals surface area contributed by atoms with Crippen molar-refractivity contribution in [3.8, 4) is 0 Å². The Hall–Kier alpha value is -1.24. The molecule has 227 valence electrons. The first kappa shape index (κ1) is 69.5. The van der Waals surface area contributed by atoms with Crippen LogP contribution in [0.15, 0.2) is 119 Å². The Bertz CT molecular complexity index is 861. The van der Waals surface area contributed by atoms with Crippen molar-refractivity contribution in [2.75, 3.05) is 0 Å². The SMILES string of the molecule is Cc1ccccc1.Cc1ccccc1.[CH-]=CC(=[CH-])C.[CH-]=CC(=[CH-])C.[CH-]=CC(=[CH-])C.[CH-]=CC(=[CH-])C.[CH-]=CC=[C-]C.[V+2].[V+2].[V+2].[V+2].[V+2]. The summed E-state index contributed by atoms with van der Waals surface area (Å²) in [5, 5.41) is 0. The van der Waals surface area contributed by atoms with E-state index in [4.69, 9.17) is 59.2 Å². The molecule has 0 bridgehead atoms. The number of allylic oxidation sites excluding steroid dienone is 11. The first-order chi connectivity index (χ1) is 18.3. The number of aryl methyl sites for hydroxylation is 2. The molecule has 0 fully saturated rings. The molecule has 0 nitrogen and oxygen atoms in total. The largest absolute Gasteiger partial charge is 2.00 e. The molecule has 0 amide bonds. The molecule has 0 spiro atoms. The summed E-state index contributed by atoms with van der Waals surface area (Å²) in [7, 11) is 0. The third-order valence-corrected chi connectivity index (χ3v) is 3.20. The van der Waals surface area contributed by atoms with Crippen LogP contribution in [0.4, 0.5) is 0 Å². The maximum Gasteiger partial charge on any atom is 2.00 e. The van der Waals surface area contributed by atoms with Crippen LogP contribution in [0.5, 0.6) is 0 Å². The molecule has 0 unspecified atom stereocenters. The van der Waals surface area contributed by atoms with Crippen LogP contribution in [0.3, 0.4) is 0 Å². The van der Waals surface area contributed by atoms with Gasteiger partial charge >= 0.3 is 92.8 Å². The van der Waals surface area contributed by atoms with Crippen LogP contribution in [0.2, 0.25) is 0 Å². The second-order valence-corrected chi connectivity index (χ2v) is 7.60. The van der Waals surface area contributed by atoms with Crippen molar-refractivity contribution in [2.24, 2.45) is 0 Å². The zero-order valence-electron chi connectivity index (χ0n) is 27.2. The van der Waals surface area contributed by atoms with Gasteiger partial charge in [-0.15, -0.1) is 34.6 Å².